The van der Waals surface area contributed by atoms with E-state index in [4.69, 9.17) is 0 Å². The van der Waals surface area contributed by atoms with Gasteiger partial charge in [0.05, 0.1) is 16.6 Å². The molecule has 0 atom stereocenters. The predicted molar refractivity (Wildman–Crippen MR) is 102 cm³/mol. The zero-order valence-corrected chi connectivity index (χ0v) is 15.9. The Morgan fingerprint density at radius 3 is 3.00 bits per heavy atom. The minimum Gasteiger partial charge on any atom is -0.347 e. The quantitative estimate of drug-likeness (QED) is 0.767. The zero-order chi connectivity index (χ0) is 17.6. The minimum atomic E-state index is -0.127. The van der Waals surface area contributed by atoms with Crippen LogP contribution >= 0.6 is 22.7 Å². The molecule has 0 fully saturated rings. The van der Waals surface area contributed by atoms with Gasteiger partial charge in [-0.25, -0.2) is 4.98 Å². The second kappa shape index (κ2) is 6.38. The highest BCUT2D eigenvalue weighted by Crippen LogP contribution is 2.30. The summed E-state index contributed by atoms with van der Waals surface area (Å²) in [7, 11) is 1.67. The SMILES string of the molecule is Cc1c(C(=O)NCc2csc3c2CCCC3)sc2ncn(C)c(=O)c12. The van der Waals surface area contributed by atoms with E-state index < -0.39 is 0 Å². The van der Waals surface area contributed by atoms with Gasteiger partial charge in [0, 0.05) is 18.5 Å². The highest BCUT2D eigenvalue weighted by atomic mass is 32.1. The van der Waals surface area contributed by atoms with E-state index in [2.05, 4.69) is 15.7 Å². The van der Waals surface area contributed by atoms with E-state index in [1.54, 1.807) is 7.05 Å². The van der Waals surface area contributed by atoms with Gasteiger partial charge in [0.15, 0.2) is 0 Å². The first-order valence-electron chi connectivity index (χ1n) is 8.37. The lowest BCUT2D eigenvalue weighted by atomic mass is 9.96. The Balaban J connectivity index is 1.59. The maximum Gasteiger partial charge on any atom is 0.262 e. The number of carbonyl (C=O) groups excluding carboxylic acids is 1. The van der Waals surface area contributed by atoms with Crippen LogP contribution in [0.25, 0.3) is 10.2 Å². The number of hydrogen-bond donors (Lipinski definition) is 1. The Morgan fingerprint density at radius 1 is 1.36 bits per heavy atom. The van der Waals surface area contributed by atoms with Crippen molar-refractivity contribution in [2.24, 2.45) is 7.05 Å². The monoisotopic (exact) mass is 373 g/mol. The van der Waals surface area contributed by atoms with Crippen LogP contribution in [0.1, 0.15) is 44.1 Å². The lowest BCUT2D eigenvalue weighted by Crippen LogP contribution is -2.23. The van der Waals surface area contributed by atoms with Gasteiger partial charge in [0.25, 0.3) is 11.5 Å². The molecule has 1 amide bonds. The maximum absolute atomic E-state index is 12.7. The Kier molecular flexibility index (Phi) is 4.21. The molecule has 1 N–H and O–H groups in total. The van der Waals surface area contributed by atoms with E-state index in [0.29, 0.717) is 21.6 Å². The number of nitrogens with one attached hydrogen (secondary N) is 1. The van der Waals surface area contributed by atoms with Crippen molar-refractivity contribution in [2.45, 2.75) is 39.2 Å². The fourth-order valence-electron chi connectivity index (χ4n) is 3.39. The van der Waals surface area contributed by atoms with Crippen LogP contribution in [0.3, 0.4) is 0 Å². The number of nitrogens with zero attached hydrogens (tertiary/aromatic N) is 2. The smallest absolute Gasteiger partial charge is 0.262 e. The van der Waals surface area contributed by atoms with E-state index in [1.807, 2.05) is 18.3 Å². The number of aryl methyl sites for hydroxylation is 3. The summed E-state index contributed by atoms with van der Waals surface area (Å²) in [6.45, 7) is 2.37. The van der Waals surface area contributed by atoms with Gasteiger partial charge in [-0.15, -0.1) is 22.7 Å². The minimum absolute atomic E-state index is 0.107. The third-order valence-electron chi connectivity index (χ3n) is 4.80. The van der Waals surface area contributed by atoms with Crippen molar-refractivity contribution in [3.63, 3.8) is 0 Å². The largest absolute Gasteiger partial charge is 0.347 e. The van der Waals surface area contributed by atoms with Crippen LogP contribution in [-0.4, -0.2) is 15.5 Å². The van der Waals surface area contributed by atoms with E-state index in [9.17, 15) is 9.59 Å². The number of aromatic nitrogens is 2. The Labute approximate surface area is 153 Å². The maximum atomic E-state index is 12.7. The van der Waals surface area contributed by atoms with Crippen molar-refractivity contribution >= 4 is 38.8 Å². The molecule has 1 aliphatic rings. The van der Waals surface area contributed by atoms with E-state index in [0.717, 1.165) is 12.0 Å². The van der Waals surface area contributed by atoms with Crippen molar-refractivity contribution in [3.8, 4) is 0 Å². The van der Waals surface area contributed by atoms with Crippen LogP contribution in [0.15, 0.2) is 16.5 Å². The van der Waals surface area contributed by atoms with Crippen LogP contribution in [0, 0.1) is 6.92 Å². The normalized spacial score (nSPS) is 13.8. The first kappa shape index (κ1) is 16.5. The van der Waals surface area contributed by atoms with Crippen LogP contribution in [0.5, 0.6) is 0 Å². The molecule has 0 aromatic carbocycles. The van der Waals surface area contributed by atoms with Gasteiger partial charge in [-0.1, -0.05) is 0 Å². The molecule has 3 aromatic rings. The fraction of sp³-hybridized carbons (Fsp3) is 0.389. The Morgan fingerprint density at radius 2 is 2.16 bits per heavy atom. The molecule has 3 heterocycles. The number of amides is 1. The predicted octanol–water partition coefficient (Wildman–Crippen LogP) is 3.17. The molecule has 0 bridgehead atoms. The number of rotatable bonds is 3. The average molecular weight is 374 g/mol. The van der Waals surface area contributed by atoms with Crippen LogP contribution < -0.4 is 10.9 Å². The molecular weight excluding hydrogens is 354 g/mol. The number of hydrogen-bond acceptors (Lipinski definition) is 5. The van der Waals surface area contributed by atoms with Crippen LogP contribution in [-0.2, 0) is 26.4 Å². The van der Waals surface area contributed by atoms with Gasteiger partial charge in [0.2, 0.25) is 0 Å². The van der Waals surface area contributed by atoms with Gasteiger partial charge in [-0.2, -0.15) is 0 Å². The standard InChI is InChI=1S/C18H19N3O2S2/c1-10-14-17(20-9-21(2)18(14)23)25-15(10)16(22)19-7-11-8-24-13-6-4-3-5-12(11)13/h8-9H,3-7H2,1-2H3,(H,19,22). The van der Waals surface area contributed by atoms with E-state index in [-0.39, 0.29) is 11.5 Å². The third-order valence-corrected chi connectivity index (χ3v) is 7.14. The summed E-state index contributed by atoms with van der Waals surface area (Å²) >= 11 is 3.09. The van der Waals surface area contributed by atoms with Crippen molar-refractivity contribution in [1.29, 1.82) is 0 Å². The van der Waals surface area contributed by atoms with Crippen molar-refractivity contribution < 1.29 is 4.79 Å². The van der Waals surface area contributed by atoms with Gasteiger partial charge in [0.1, 0.15) is 4.83 Å². The summed E-state index contributed by atoms with van der Waals surface area (Å²) < 4.78 is 1.45. The molecule has 7 heteroatoms. The molecule has 0 aliphatic heterocycles. The molecule has 0 radical (unpaired) electrons. The second-order valence-electron chi connectivity index (χ2n) is 6.45. The summed E-state index contributed by atoms with van der Waals surface area (Å²) in [6, 6.07) is 0. The number of fused-ring (bicyclic) bond motifs is 2. The summed E-state index contributed by atoms with van der Waals surface area (Å²) in [5.74, 6) is -0.127. The summed E-state index contributed by atoms with van der Waals surface area (Å²) in [6.07, 6.45) is 6.28. The van der Waals surface area contributed by atoms with Gasteiger partial charge >= 0.3 is 0 Å². The fourth-order valence-corrected chi connectivity index (χ4v) is 5.59. The highest BCUT2D eigenvalue weighted by molar-refractivity contribution is 7.20. The van der Waals surface area contributed by atoms with Gasteiger partial charge in [-0.3, -0.25) is 9.59 Å². The van der Waals surface area contributed by atoms with E-state index in [1.165, 1.54) is 57.5 Å². The molecule has 0 unspecified atom stereocenters. The summed E-state index contributed by atoms with van der Waals surface area (Å²) in [5.41, 5.74) is 3.28. The molecule has 25 heavy (non-hydrogen) atoms. The lowest BCUT2D eigenvalue weighted by Gasteiger charge is -2.13. The van der Waals surface area contributed by atoms with E-state index >= 15 is 0 Å². The third kappa shape index (κ3) is 2.81. The molecule has 1 aliphatic carbocycles. The van der Waals surface area contributed by atoms with Gasteiger partial charge < -0.3 is 9.88 Å². The van der Waals surface area contributed by atoms with Crippen molar-refractivity contribution in [1.82, 2.24) is 14.9 Å². The first-order valence-corrected chi connectivity index (χ1v) is 10.1. The molecular formula is C18H19N3O2S2. The van der Waals surface area contributed by atoms with Crippen LogP contribution in [0.2, 0.25) is 0 Å². The van der Waals surface area contributed by atoms with Crippen LogP contribution in [0.4, 0.5) is 0 Å². The molecule has 0 saturated carbocycles. The molecule has 5 nitrogen and oxygen atoms in total. The molecule has 130 valence electrons. The van der Waals surface area contributed by atoms with Gasteiger partial charge in [-0.05, 0) is 54.7 Å². The Bertz CT molecular complexity index is 1030. The first-order chi connectivity index (χ1) is 12.1. The molecule has 4 rings (SSSR count). The number of thiophene rings is 2. The molecule has 0 saturated heterocycles. The zero-order valence-electron chi connectivity index (χ0n) is 14.2. The second-order valence-corrected chi connectivity index (χ2v) is 8.41. The van der Waals surface area contributed by atoms with Crippen molar-refractivity contribution in [3.05, 3.63) is 48.5 Å². The van der Waals surface area contributed by atoms with Crippen molar-refractivity contribution in [2.75, 3.05) is 0 Å². The summed E-state index contributed by atoms with van der Waals surface area (Å²) in [5, 5.41) is 5.75. The average Bonchev–Trinajstić information content (AvgIpc) is 3.18. The topological polar surface area (TPSA) is 64.0 Å². The molecule has 3 aromatic heterocycles. The lowest BCUT2D eigenvalue weighted by molar-refractivity contribution is 0.0954. The Hall–Kier alpha value is -1.99. The number of carbonyl (C=O) groups is 1. The highest BCUT2D eigenvalue weighted by Gasteiger charge is 2.20. The summed E-state index contributed by atoms with van der Waals surface area (Å²) in [4.78, 5) is 31.9. The molecule has 0 spiro atoms.